The third kappa shape index (κ3) is 2.18. The molecule has 3 N–H and O–H groups in total. The van der Waals surface area contributed by atoms with Crippen molar-refractivity contribution in [2.45, 2.75) is 25.9 Å². The molecule has 0 aliphatic carbocycles. The second kappa shape index (κ2) is 4.02. The molecule has 5 nitrogen and oxygen atoms in total. The highest BCUT2D eigenvalue weighted by Gasteiger charge is 2.21. The van der Waals surface area contributed by atoms with Gasteiger partial charge in [0, 0.05) is 25.6 Å². The van der Waals surface area contributed by atoms with Crippen molar-refractivity contribution >= 4 is 11.6 Å². The van der Waals surface area contributed by atoms with Crippen molar-refractivity contribution in [3.63, 3.8) is 0 Å². The van der Waals surface area contributed by atoms with Gasteiger partial charge in [0.2, 0.25) is 0 Å². The molecular formula is C10H16N4O. The van der Waals surface area contributed by atoms with Gasteiger partial charge in [-0.2, -0.15) is 0 Å². The number of hydrogen-bond acceptors (Lipinski definition) is 5. The van der Waals surface area contributed by atoms with Crippen molar-refractivity contribution in [1.82, 2.24) is 9.97 Å². The summed E-state index contributed by atoms with van der Waals surface area (Å²) in [6, 6.07) is 1.76. The van der Waals surface area contributed by atoms with Crippen LogP contribution in [0.15, 0.2) is 6.07 Å². The Morgan fingerprint density at radius 2 is 2.40 bits per heavy atom. The first-order chi connectivity index (χ1) is 7.19. The number of nitrogen functional groups attached to an aromatic ring is 1. The lowest BCUT2D eigenvalue weighted by Gasteiger charge is -2.17. The number of nitrogens with zero attached hydrogens (tertiary/aromatic N) is 3. The Bertz CT molecular complexity index is 355. The van der Waals surface area contributed by atoms with E-state index in [4.69, 9.17) is 5.73 Å². The molecule has 1 unspecified atom stereocenters. The van der Waals surface area contributed by atoms with Crippen molar-refractivity contribution in [1.29, 1.82) is 0 Å². The van der Waals surface area contributed by atoms with Crippen molar-refractivity contribution < 1.29 is 5.11 Å². The number of aliphatic hydroxyl groups excluding tert-OH is 1. The van der Waals surface area contributed by atoms with Crippen molar-refractivity contribution in [3.8, 4) is 0 Å². The zero-order valence-electron chi connectivity index (χ0n) is 8.85. The van der Waals surface area contributed by atoms with Gasteiger partial charge in [-0.1, -0.05) is 6.92 Å². The highest BCUT2D eigenvalue weighted by Crippen LogP contribution is 2.19. The first kappa shape index (κ1) is 10.2. The van der Waals surface area contributed by atoms with Gasteiger partial charge in [-0.15, -0.1) is 0 Å². The molecule has 0 amide bonds. The Morgan fingerprint density at radius 3 is 3.00 bits per heavy atom. The van der Waals surface area contributed by atoms with Crippen LogP contribution in [-0.4, -0.2) is 34.3 Å². The Balaban J connectivity index is 2.24. The van der Waals surface area contributed by atoms with Crippen LogP contribution in [0.5, 0.6) is 0 Å². The number of hydrogen-bond donors (Lipinski definition) is 2. The average molecular weight is 208 g/mol. The number of β-amino-alcohol motifs (C(OH)–C–C–N with tert-alkyl or cyclic N) is 1. The molecule has 5 heteroatoms. The molecule has 1 saturated heterocycles. The summed E-state index contributed by atoms with van der Waals surface area (Å²) in [5.74, 6) is 2.08. The van der Waals surface area contributed by atoms with Crippen LogP contribution in [0.1, 0.15) is 19.2 Å². The monoisotopic (exact) mass is 208 g/mol. The van der Waals surface area contributed by atoms with Crippen LogP contribution in [-0.2, 0) is 6.42 Å². The second-order valence-electron chi connectivity index (χ2n) is 3.81. The van der Waals surface area contributed by atoms with Gasteiger partial charge in [-0.05, 0) is 6.42 Å². The van der Waals surface area contributed by atoms with Crippen molar-refractivity contribution in [3.05, 3.63) is 11.9 Å². The number of rotatable bonds is 2. The molecule has 82 valence electrons. The predicted octanol–water partition coefficient (Wildman–Crippen LogP) is 0.192. The lowest BCUT2D eigenvalue weighted by molar-refractivity contribution is 0.198. The van der Waals surface area contributed by atoms with Gasteiger partial charge in [0.1, 0.15) is 17.5 Å². The summed E-state index contributed by atoms with van der Waals surface area (Å²) in [6.45, 7) is 3.47. The number of nitrogens with two attached hydrogens (primary N) is 1. The molecule has 1 atom stereocenters. The minimum atomic E-state index is -0.244. The molecule has 1 fully saturated rings. The maximum absolute atomic E-state index is 9.44. The first-order valence-corrected chi connectivity index (χ1v) is 5.25. The van der Waals surface area contributed by atoms with E-state index in [1.54, 1.807) is 6.07 Å². The van der Waals surface area contributed by atoms with E-state index in [2.05, 4.69) is 9.97 Å². The third-order valence-electron chi connectivity index (χ3n) is 2.58. The van der Waals surface area contributed by atoms with Crippen LogP contribution in [0.2, 0.25) is 0 Å². The van der Waals surface area contributed by atoms with E-state index in [9.17, 15) is 5.11 Å². The molecule has 2 rings (SSSR count). The molecule has 1 aliphatic rings. The lowest BCUT2D eigenvalue weighted by Crippen LogP contribution is -2.23. The van der Waals surface area contributed by atoms with Gasteiger partial charge >= 0.3 is 0 Å². The Kier molecular flexibility index (Phi) is 2.73. The average Bonchev–Trinajstić information content (AvgIpc) is 2.64. The molecule has 1 aromatic heterocycles. The number of aliphatic hydroxyl groups is 1. The fourth-order valence-electron chi connectivity index (χ4n) is 1.77. The fraction of sp³-hybridized carbons (Fsp3) is 0.600. The van der Waals surface area contributed by atoms with Gasteiger partial charge in [0.05, 0.1) is 6.10 Å². The molecule has 0 aromatic carbocycles. The summed E-state index contributed by atoms with van der Waals surface area (Å²) < 4.78 is 0. The second-order valence-corrected chi connectivity index (χ2v) is 3.81. The summed E-state index contributed by atoms with van der Waals surface area (Å²) in [4.78, 5) is 10.6. The van der Waals surface area contributed by atoms with Gasteiger partial charge < -0.3 is 15.7 Å². The topological polar surface area (TPSA) is 75.3 Å². The molecule has 15 heavy (non-hydrogen) atoms. The number of aryl methyl sites for hydroxylation is 1. The van der Waals surface area contributed by atoms with E-state index >= 15 is 0 Å². The van der Waals surface area contributed by atoms with Crippen LogP contribution in [0, 0.1) is 0 Å². The summed E-state index contributed by atoms with van der Waals surface area (Å²) in [6.07, 6.45) is 1.33. The van der Waals surface area contributed by atoms with E-state index in [1.807, 2.05) is 11.8 Å². The van der Waals surface area contributed by atoms with Crippen LogP contribution in [0.3, 0.4) is 0 Å². The molecule has 1 aliphatic heterocycles. The highest BCUT2D eigenvalue weighted by molar-refractivity contribution is 5.47. The van der Waals surface area contributed by atoms with Crippen LogP contribution < -0.4 is 10.6 Å². The summed E-state index contributed by atoms with van der Waals surface area (Å²) in [5.41, 5.74) is 5.70. The van der Waals surface area contributed by atoms with E-state index in [-0.39, 0.29) is 6.10 Å². The molecule has 2 heterocycles. The summed E-state index contributed by atoms with van der Waals surface area (Å²) >= 11 is 0. The Labute approximate surface area is 88.9 Å². The SMILES string of the molecule is CCc1nc(N)cc(N2CCC(O)C2)n1. The van der Waals surface area contributed by atoms with E-state index in [0.717, 1.165) is 31.0 Å². The third-order valence-corrected chi connectivity index (χ3v) is 2.58. The number of anilines is 2. The van der Waals surface area contributed by atoms with Crippen LogP contribution in [0.25, 0.3) is 0 Å². The van der Waals surface area contributed by atoms with Crippen LogP contribution in [0.4, 0.5) is 11.6 Å². The predicted molar refractivity (Wildman–Crippen MR) is 58.7 cm³/mol. The van der Waals surface area contributed by atoms with Crippen LogP contribution >= 0.6 is 0 Å². The molecule has 1 aromatic rings. The molecule has 0 saturated carbocycles. The zero-order valence-corrected chi connectivity index (χ0v) is 8.85. The first-order valence-electron chi connectivity index (χ1n) is 5.25. The van der Waals surface area contributed by atoms with E-state index < -0.39 is 0 Å². The summed E-state index contributed by atoms with van der Waals surface area (Å²) in [7, 11) is 0. The van der Waals surface area contributed by atoms with Gasteiger partial charge in [0.25, 0.3) is 0 Å². The van der Waals surface area contributed by atoms with E-state index in [0.29, 0.717) is 12.4 Å². The highest BCUT2D eigenvalue weighted by atomic mass is 16.3. The smallest absolute Gasteiger partial charge is 0.134 e. The van der Waals surface area contributed by atoms with Crippen molar-refractivity contribution in [2.75, 3.05) is 23.7 Å². The molecule has 0 bridgehead atoms. The molecule has 0 spiro atoms. The maximum atomic E-state index is 9.44. The van der Waals surface area contributed by atoms with Gasteiger partial charge in [-0.25, -0.2) is 9.97 Å². The maximum Gasteiger partial charge on any atom is 0.134 e. The standard InChI is InChI=1S/C10H16N4O/c1-2-9-12-8(11)5-10(13-9)14-4-3-7(15)6-14/h5,7,15H,2-4,6H2,1H3,(H2,11,12,13). The largest absolute Gasteiger partial charge is 0.391 e. The fourth-order valence-corrected chi connectivity index (χ4v) is 1.77. The minimum absolute atomic E-state index is 0.244. The molecular weight excluding hydrogens is 192 g/mol. The quantitative estimate of drug-likeness (QED) is 0.725. The summed E-state index contributed by atoms with van der Waals surface area (Å²) in [5, 5.41) is 9.44. The van der Waals surface area contributed by atoms with Gasteiger partial charge in [-0.3, -0.25) is 0 Å². The Morgan fingerprint density at radius 1 is 1.60 bits per heavy atom. The van der Waals surface area contributed by atoms with Crippen molar-refractivity contribution in [2.24, 2.45) is 0 Å². The van der Waals surface area contributed by atoms with E-state index in [1.165, 1.54) is 0 Å². The lowest BCUT2D eigenvalue weighted by atomic mass is 10.3. The van der Waals surface area contributed by atoms with Gasteiger partial charge in [0.15, 0.2) is 0 Å². The minimum Gasteiger partial charge on any atom is -0.391 e. The molecule has 0 radical (unpaired) electrons. The zero-order chi connectivity index (χ0) is 10.8. The number of aromatic nitrogens is 2. The Hall–Kier alpha value is -1.36. The normalized spacial score (nSPS) is 20.9.